The number of hydrogen-bond donors (Lipinski definition) is 1. The van der Waals surface area contributed by atoms with Gasteiger partial charge >= 0.3 is 0 Å². The Hall–Kier alpha value is -2.58. The van der Waals surface area contributed by atoms with Gasteiger partial charge in [0.2, 0.25) is 0 Å². The molecule has 0 amide bonds. The van der Waals surface area contributed by atoms with E-state index in [1.807, 2.05) is 12.1 Å². The van der Waals surface area contributed by atoms with Gasteiger partial charge in [-0.3, -0.25) is 4.90 Å². The molecule has 27 heavy (non-hydrogen) atoms. The Morgan fingerprint density at radius 3 is 2.59 bits per heavy atom. The number of nitrogens with zero attached hydrogens (tertiary/aromatic N) is 3. The second-order valence-electron chi connectivity index (χ2n) is 6.62. The monoisotopic (exact) mass is 374 g/mol. The van der Waals surface area contributed by atoms with E-state index in [0.29, 0.717) is 18.4 Å². The molecular weight excluding hydrogens is 354 g/mol. The maximum Gasteiger partial charge on any atom is 0.263 e. The van der Waals surface area contributed by atoms with Crippen LogP contribution in [0.5, 0.6) is 0 Å². The average molecular weight is 374 g/mol. The van der Waals surface area contributed by atoms with E-state index in [2.05, 4.69) is 20.4 Å². The minimum absolute atomic E-state index is 0.143. The lowest BCUT2D eigenvalue weighted by molar-refractivity contribution is 0.178. The number of nitrogens with one attached hydrogen (secondary N) is 1. The number of likely N-dealkylation sites (tertiary alicyclic amines) is 1. The van der Waals surface area contributed by atoms with Crippen molar-refractivity contribution in [3.63, 3.8) is 0 Å². The van der Waals surface area contributed by atoms with E-state index < -0.39 is 11.6 Å². The summed E-state index contributed by atoms with van der Waals surface area (Å²) in [4.78, 5) is 6.46. The summed E-state index contributed by atoms with van der Waals surface area (Å²) in [5, 5.41) is 7.21. The highest BCUT2D eigenvalue weighted by Crippen LogP contribution is 2.24. The third kappa shape index (κ3) is 4.23. The molecule has 1 aliphatic rings. The van der Waals surface area contributed by atoms with Gasteiger partial charge in [0.1, 0.15) is 23.0 Å². The lowest BCUT2D eigenvalue weighted by Crippen LogP contribution is -2.41. The topological polar surface area (TPSA) is 67.3 Å². The highest BCUT2D eigenvalue weighted by Gasteiger charge is 2.21. The van der Waals surface area contributed by atoms with Crippen molar-refractivity contribution in [3.8, 4) is 11.5 Å². The largest absolute Gasteiger partial charge is 0.468 e. The molecule has 0 atom stereocenters. The Labute approximate surface area is 155 Å². The Bertz CT molecular complexity index is 853. The lowest BCUT2D eigenvalue weighted by Gasteiger charge is -2.31. The fourth-order valence-electron chi connectivity index (χ4n) is 3.28. The highest BCUT2D eigenvalue weighted by atomic mass is 19.1. The smallest absolute Gasteiger partial charge is 0.263 e. The first-order valence-corrected chi connectivity index (χ1v) is 8.94. The van der Waals surface area contributed by atoms with Crippen molar-refractivity contribution < 1.29 is 17.7 Å². The van der Waals surface area contributed by atoms with E-state index in [1.165, 1.54) is 6.07 Å². The van der Waals surface area contributed by atoms with Crippen LogP contribution in [0, 0.1) is 11.6 Å². The molecule has 0 radical (unpaired) electrons. The number of piperidine rings is 1. The summed E-state index contributed by atoms with van der Waals surface area (Å²) in [5.41, 5.74) is -0.289. The van der Waals surface area contributed by atoms with Crippen LogP contribution < -0.4 is 5.32 Å². The summed E-state index contributed by atoms with van der Waals surface area (Å²) in [7, 11) is 0. The molecule has 0 bridgehead atoms. The highest BCUT2D eigenvalue weighted by molar-refractivity contribution is 5.54. The van der Waals surface area contributed by atoms with Crippen LogP contribution >= 0.6 is 0 Å². The Morgan fingerprint density at radius 1 is 1.11 bits per heavy atom. The summed E-state index contributed by atoms with van der Waals surface area (Å²) in [6.07, 6.45) is 3.68. The number of aromatic nitrogens is 2. The van der Waals surface area contributed by atoms with Gasteiger partial charge in [-0.25, -0.2) is 8.78 Å². The molecule has 0 aliphatic carbocycles. The summed E-state index contributed by atoms with van der Waals surface area (Å²) in [6, 6.07) is 7.84. The summed E-state index contributed by atoms with van der Waals surface area (Å²) in [5.74, 6) is -0.230. The van der Waals surface area contributed by atoms with E-state index in [4.69, 9.17) is 8.94 Å². The average Bonchev–Trinajstić information content (AvgIpc) is 3.33. The molecule has 1 N–H and O–H groups in total. The molecule has 2 aromatic heterocycles. The maximum atomic E-state index is 13.8. The van der Waals surface area contributed by atoms with Gasteiger partial charge in [0.15, 0.2) is 5.82 Å². The van der Waals surface area contributed by atoms with Crippen molar-refractivity contribution in [1.29, 1.82) is 0 Å². The van der Waals surface area contributed by atoms with E-state index in [-0.39, 0.29) is 11.5 Å². The first-order chi connectivity index (χ1) is 13.2. The number of benzene rings is 1. The Morgan fingerprint density at radius 2 is 1.89 bits per heavy atom. The van der Waals surface area contributed by atoms with Gasteiger partial charge in [0.25, 0.3) is 5.89 Å². The van der Waals surface area contributed by atoms with Crippen molar-refractivity contribution >= 4 is 0 Å². The number of hydrogen-bond acceptors (Lipinski definition) is 6. The van der Waals surface area contributed by atoms with Crippen molar-refractivity contribution in [2.24, 2.45) is 0 Å². The van der Waals surface area contributed by atoms with Crippen molar-refractivity contribution in [2.45, 2.75) is 32.0 Å². The zero-order valence-corrected chi connectivity index (χ0v) is 14.7. The van der Waals surface area contributed by atoms with Gasteiger partial charge in [0.05, 0.1) is 19.4 Å². The standard InChI is InChI=1S/C19H20F2N4O2/c20-15-4-1-5-16(21)18(15)19-23-17(24-27-19)11-22-13-6-8-25(9-7-13)12-14-3-2-10-26-14/h1-5,10,13,22H,6-9,11-12H2. The maximum absolute atomic E-state index is 13.8. The molecule has 4 rings (SSSR count). The molecule has 142 valence electrons. The minimum atomic E-state index is -0.720. The van der Waals surface area contributed by atoms with Crippen LogP contribution in [0.15, 0.2) is 45.5 Å². The molecular formula is C19H20F2N4O2. The number of halogens is 2. The lowest BCUT2D eigenvalue weighted by atomic mass is 10.0. The van der Waals surface area contributed by atoms with E-state index in [9.17, 15) is 8.78 Å². The van der Waals surface area contributed by atoms with Gasteiger partial charge in [-0.15, -0.1) is 0 Å². The summed E-state index contributed by atoms with van der Waals surface area (Å²) < 4.78 is 38.0. The van der Waals surface area contributed by atoms with Crippen LogP contribution in [0.3, 0.4) is 0 Å². The van der Waals surface area contributed by atoms with Gasteiger partial charge in [-0.2, -0.15) is 4.98 Å². The van der Waals surface area contributed by atoms with Gasteiger partial charge < -0.3 is 14.3 Å². The SMILES string of the molecule is Fc1cccc(F)c1-c1nc(CNC2CCN(Cc3ccco3)CC2)no1. The second kappa shape index (κ2) is 7.98. The van der Waals surface area contributed by atoms with Crippen LogP contribution in [-0.2, 0) is 13.1 Å². The predicted octanol–water partition coefficient (Wildman–Crippen LogP) is 3.36. The van der Waals surface area contributed by atoms with Gasteiger partial charge in [-0.05, 0) is 37.1 Å². The van der Waals surface area contributed by atoms with Crippen molar-refractivity contribution in [3.05, 3.63) is 59.8 Å². The Balaban J connectivity index is 1.28. The summed E-state index contributed by atoms with van der Waals surface area (Å²) >= 11 is 0. The van der Waals surface area contributed by atoms with Crippen LogP contribution in [0.25, 0.3) is 11.5 Å². The molecule has 3 aromatic rings. The van der Waals surface area contributed by atoms with E-state index >= 15 is 0 Å². The molecule has 6 nitrogen and oxygen atoms in total. The molecule has 0 saturated carbocycles. The Kier molecular flexibility index (Phi) is 5.26. The first-order valence-electron chi connectivity index (χ1n) is 8.94. The molecule has 1 saturated heterocycles. The molecule has 1 aromatic carbocycles. The zero-order chi connectivity index (χ0) is 18.6. The third-order valence-corrected chi connectivity index (χ3v) is 4.74. The van der Waals surface area contributed by atoms with Crippen molar-refractivity contribution in [2.75, 3.05) is 13.1 Å². The molecule has 0 spiro atoms. The first kappa shape index (κ1) is 17.8. The number of rotatable bonds is 6. The van der Waals surface area contributed by atoms with Crippen LogP contribution in [0.4, 0.5) is 8.78 Å². The van der Waals surface area contributed by atoms with E-state index in [0.717, 1.165) is 50.4 Å². The zero-order valence-electron chi connectivity index (χ0n) is 14.7. The minimum Gasteiger partial charge on any atom is -0.468 e. The fourth-order valence-corrected chi connectivity index (χ4v) is 3.28. The van der Waals surface area contributed by atoms with Gasteiger partial charge in [-0.1, -0.05) is 11.2 Å². The molecule has 8 heteroatoms. The quantitative estimate of drug-likeness (QED) is 0.714. The van der Waals surface area contributed by atoms with Crippen LogP contribution in [0.2, 0.25) is 0 Å². The van der Waals surface area contributed by atoms with Crippen LogP contribution in [0.1, 0.15) is 24.4 Å². The van der Waals surface area contributed by atoms with Crippen molar-refractivity contribution in [1.82, 2.24) is 20.4 Å². The third-order valence-electron chi connectivity index (χ3n) is 4.74. The molecule has 0 unspecified atom stereocenters. The van der Waals surface area contributed by atoms with Gasteiger partial charge in [0, 0.05) is 19.1 Å². The molecule has 1 fully saturated rings. The normalized spacial score (nSPS) is 16.1. The van der Waals surface area contributed by atoms with Crippen LogP contribution in [-0.4, -0.2) is 34.2 Å². The second-order valence-corrected chi connectivity index (χ2v) is 6.62. The molecule has 1 aliphatic heterocycles. The fraction of sp³-hybridized carbons (Fsp3) is 0.368. The summed E-state index contributed by atoms with van der Waals surface area (Å²) in [6.45, 7) is 3.15. The predicted molar refractivity (Wildman–Crippen MR) is 93.5 cm³/mol. The number of furan rings is 1. The van der Waals surface area contributed by atoms with E-state index in [1.54, 1.807) is 6.26 Å². The molecule has 3 heterocycles.